The van der Waals surface area contributed by atoms with Crippen LogP contribution in [-0.2, 0) is 11.3 Å². The maximum absolute atomic E-state index is 13.2. The number of carbonyl (C=O) groups is 1. The zero-order valence-corrected chi connectivity index (χ0v) is 17.7. The van der Waals surface area contributed by atoms with Gasteiger partial charge < -0.3 is 19.9 Å². The zero-order valence-electron chi connectivity index (χ0n) is 17.7. The van der Waals surface area contributed by atoms with Gasteiger partial charge in [-0.3, -0.25) is 4.79 Å². The highest BCUT2D eigenvalue weighted by atomic mass is 19.1. The Morgan fingerprint density at radius 3 is 2.65 bits per heavy atom. The molecule has 1 aliphatic rings. The van der Waals surface area contributed by atoms with Crippen molar-refractivity contribution in [2.45, 2.75) is 39.3 Å². The van der Waals surface area contributed by atoms with Crippen molar-refractivity contribution in [1.29, 1.82) is 0 Å². The number of benzene rings is 2. The summed E-state index contributed by atoms with van der Waals surface area (Å²) < 4.78 is 18.9. The number of rotatable bonds is 5. The van der Waals surface area contributed by atoms with E-state index in [9.17, 15) is 14.0 Å². The van der Waals surface area contributed by atoms with E-state index in [0.717, 1.165) is 34.9 Å². The van der Waals surface area contributed by atoms with Crippen molar-refractivity contribution in [2.24, 2.45) is 0 Å². The molecule has 2 N–H and O–H groups in total. The lowest BCUT2D eigenvalue weighted by Crippen LogP contribution is -2.40. The molecule has 1 unspecified atom stereocenters. The Balaban J connectivity index is 1.61. The second-order valence-corrected chi connectivity index (χ2v) is 8.10. The van der Waals surface area contributed by atoms with E-state index in [2.05, 4.69) is 10.3 Å². The summed E-state index contributed by atoms with van der Waals surface area (Å²) in [6.45, 7) is 5.22. The minimum Gasteiger partial charge on any atom is -0.376 e. The molecule has 0 radical (unpaired) electrons. The van der Waals surface area contributed by atoms with Crippen molar-refractivity contribution in [2.75, 3.05) is 18.5 Å². The third-order valence-electron chi connectivity index (χ3n) is 5.73. The normalized spacial score (nSPS) is 15.9. The number of anilines is 1. The van der Waals surface area contributed by atoms with Crippen LogP contribution in [0.3, 0.4) is 0 Å². The van der Waals surface area contributed by atoms with Crippen LogP contribution in [0, 0.1) is 19.7 Å². The molecule has 1 saturated heterocycles. The lowest BCUT2D eigenvalue weighted by molar-refractivity contribution is 0.0818. The summed E-state index contributed by atoms with van der Waals surface area (Å²) in [4.78, 5) is 30.3. The van der Waals surface area contributed by atoms with E-state index in [4.69, 9.17) is 4.74 Å². The van der Waals surface area contributed by atoms with Gasteiger partial charge in [-0.25, -0.2) is 9.18 Å². The van der Waals surface area contributed by atoms with Gasteiger partial charge in [0, 0.05) is 29.9 Å². The van der Waals surface area contributed by atoms with Gasteiger partial charge in [-0.05, 0) is 85.7 Å². The summed E-state index contributed by atoms with van der Waals surface area (Å²) in [6.07, 6.45) is 1.75. The molecule has 2 heterocycles. The molecule has 0 saturated carbocycles. The van der Waals surface area contributed by atoms with Gasteiger partial charge in [0.15, 0.2) is 0 Å². The Kier molecular flexibility index (Phi) is 6.04. The Bertz CT molecular complexity index is 1150. The Labute approximate surface area is 180 Å². The van der Waals surface area contributed by atoms with Crippen LogP contribution in [0.15, 0.2) is 47.3 Å². The van der Waals surface area contributed by atoms with Crippen molar-refractivity contribution in [3.63, 3.8) is 0 Å². The molecule has 0 aliphatic carbocycles. The molecule has 31 heavy (non-hydrogen) atoms. The number of fused-ring (bicyclic) bond motifs is 1. The van der Waals surface area contributed by atoms with Crippen LogP contribution in [0.1, 0.15) is 29.5 Å². The van der Waals surface area contributed by atoms with Gasteiger partial charge in [-0.2, -0.15) is 0 Å². The fourth-order valence-electron chi connectivity index (χ4n) is 3.83. The van der Waals surface area contributed by atoms with E-state index in [1.807, 2.05) is 32.0 Å². The highest BCUT2D eigenvalue weighted by Crippen LogP contribution is 2.20. The van der Waals surface area contributed by atoms with Gasteiger partial charge in [0.05, 0.1) is 12.6 Å². The number of urea groups is 1. The quantitative estimate of drug-likeness (QED) is 0.635. The number of carbonyl (C=O) groups excluding carboxylic acids is 1. The van der Waals surface area contributed by atoms with Crippen LogP contribution >= 0.6 is 0 Å². The molecular weight excluding hydrogens is 397 g/mol. The van der Waals surface area contributed by atoms with Gasteiger partial charge in [-0.15, -0.1) is 0 Å². The fourth-order valence-corrected chi connectivity index (χ4v) is 3.83. The number of aromatic nitrogens is 1. The molecule has 0 bridgehead atoms. The summed E-state index contributed by atoms with van der Waals surface area (Å²) in [6, 6.07) is 11.1. The Morgan fingerprint density at radius 1 is 1.19 bits per heavy atom. The van der Waals surface area contributed by atoms with Crippen LogP contribution < -0.4 is 10.9 Å². The second kappa shape index (κ2) is 8.89. The van der Waals surface area contributed by atoms with Crippen LogP contribution in [-0.4, -0.2) is 35.2 Å². The number of amides is 2. The van der Waals surface area contributed by atoms with Crippen molar-refractivity contribution >= 4 is 22.6 Å². The third kappa shape index (κ3) is 4.94. The molecular formula is C24H26FN3O3. The van der Waals surface area contributed by atoms with Crippen LogP contribution in [0.25, 0.3) is 10.9 Å². The highest BCUT2D eigenvalue weighted by molar-refractivity contribution is 5.89. The zero-order chi connectivity index (χ0) is 22.0. The summed E-state index contributed by atoms with van der Waals surface area (Å²) in [5.41, 5.74) is 3.79. The van der Waals surface area contributed by atoms with Crippen LogP contribution in [0.2, 0.25) is 0 Å². The molecule has 1 aliphatic heterocycles. The first-order valence-electron chi connectivity index (χ1n) is 10.5. The van der Waals surface area contributed by atoms with Crippen molar-refractivity contribution in [3.8, 4) is 0 Å². The highest BCUT2D eigenvalue weighted by Gasteiger charge is 2.24. The fraction of sp³-hybridized carbons (Fsp3) is 0.333. The van der Waals surface area contributed by atoms with E-state index in [1.165, 1.54) is 24.3 Å². The standard InChI is InChI=1S/C24H26FN3O3/c1-15-10-17-12-18(23(29)27-22(17)11-16(15)2)13-28(14-21-4-3-9-31-21)24(30)26-20-7-5-19(25)6-8-20/h5-8,10-12,21H,3-4,9,13-14H2,1-2H3,(H,26,30)(H,27,29). The van der Waals surface area contributed by atoms with Gasteiger partial charge in [0.25, 0.3) is 5.56 Å². The maximum atomic E-state index is 13.2. The number of hydrogen-bond acceptors (Lipinski definition) is 3. The van der Waals surface area contributed by atoms with Crippen LogP contribution in [0.4, 0.5) is 14.9 Å². The average Bonchev–Trinajstić information content (AvgIpc) is 3.24. The molecule has 2 aromatic carbocycles. The minimum absolute atomic E-state index is 0.0663. The second-order valence-electron chi connectivity index (χ2n) is 8.10. The number of ether oxygens (including phenoxy) is 1. The largest absolute Gasteiger partial charge is 0.376 e. The topological polar surface area (TPSA) is 74.4 Å². The molecule has 2 amide bonds. The number of aromatic amines is 1. The smallest absolute Gasteiger partial charge is 0.322 e. The number of H-pyrrole nitrogens is 1. The molecule has 162 valence electrons. The van der Waals surface area contributed by atoms with Crippen LogP contribution in [0.5, 0.6) is 0 Å². The third-order valence-corrected chi connectivity index (χ3v) is 5.73. The number of pyridine rings is 1. The van der Waals surface area contributed by atoms with Crippen molar-refractivity contribution in [3.05, 3.63) is 75.3 Å². The Hall–Kier alpha value is -3.19. The van der Waals surface area contributed by atoms with E-state index < -0.39 is 0 Å². The lowest BCUT2D eigenvalue weighted by Gasteiger charge is -2.25. The summed E-state index contributed by atoms with van der Waals surface area (Å²) in [5.74, 6) is -0.373. The van der Waals surface area contributed by atoms with Gasteiger partial charge >= 0.3 is 6.03 Å². The molecule has 1 atom stereocenters. The Morgan fingerprint density at radius 2 is 1.94 bits per heavy atom. The number of hydrogen-bond donors (Lipinski definition) is 2. The lowest BCUT2D eigenvalue weighted by atomic mass is 10.0. The molecule has 3 aromatic rings. The molecule has 6 nitrogen and oxygen atoms in total. The van der Waals surface area contributed by atoms with E-state index >= 15 is 0 Å². The first kappa shape index (κ1) is 21.1. The van der Waals surface area contributed by atoms with E-state index in [0.29, 0.717) is 24.4 Å². The van der Waals surface area contributed by atoms with Gasteiger partial charge in [-0.1, -0.05) is 0 Å². The summed E-state index contributed by atoms with van der Waals surface area (Å²) >= 11 is 0. The molecule has 7 heteroatoms. The molecule has 0 spiro atoms. The van der Waals surface area contributed by atoms with E-state index in [-0.39, 0.29) is 30.1 Å². The first-order valence-corrected chi connectivity index (χ1v) is 10.5. The summed E-state index contributed by atoms with van der Waals surface area (Å²) in [5, 5.41) is 3.71. The number of halogens is 1. The predicted molar refractivity (Wildman–Crippen MR) is 119 cm³/mol. The number of nitrogens with zero attached hydrogens (tertiary/aromatic N) is 1. The van der Waals surface area contributed by atoms with Gasteiger partial charge in [0.2, 0.25) is 0 Å². The monoisotopic (exact) mass is 423 g/mol. The minimum atomic E-state index is -0.373. The molecule has 1 fully saturated rings. The predicted octanol–water partition coefficient (Wildman–Crippen LogP) is 4.50. The number of nitrogens with one attached hydrogen (secondary N) is 2. The first-order chi connectivity index (χ1) is 14.9. The van der Waals surface area contributed by atoms with Crippen molar-refractivity contribution in [1.82, 2.24) is 9.88 Å². The average molecular weight is 423 g/mol. The summed E-state index contributed by atoms with van der Waals surface area (Å²) in [7, 11) is 0. The number of aryl methyl sites for hydroxylation is 2. The SMILES string of the molecule is Cc1cc2cc(CN(CC3CCCO3)C(=O)Nc3ccc(F)cc3)c(=O)[nH]c2cc1C. The maximum Gasteiger partial charge on any atom is 0.322 e. The van der Waals surface area contributed by atoms with Crippen molar-refractivity contribution < 1.29 is 13.9 Å². The molecule has 1 aromatic heterocycles. The van der Waals surface area contributed by atoms with Gasteiger partial charge in [0.1, 0.15) is 5.82 Å². The molecule has 4 rings (SSSR count). The van der Waals surface area contributed by atoms with E-state index in [1.54, 1.807) is 4.90 Å².